The normalized spacial score (nSPS) is 18.4. The number of anilines is 1. The summed E-state index contributed by atoms with van der Waals surface area (Å²) in [5.41, 5.74) is 1.94. The first-order valence-electron chi connectivity index (χ1n) is 5.18. The summed E-state index contributed by atoms with van der Waals surface area (Å²) < 4.78 is 0. The fourth-order valence-corrected chi connectivity index (χ4v) is 1.95. The fourth-order valence-electron chi connectivity index (χ4n) is 1.95. The molecule has 0 aliphatic carbocycles. The van der Waals surface area contributed by atoms with Crippen molar-refractivity contribution in [3.8, 4) is 0 Å². The number of nitro groups is 1. The second-order valence-electron chi connectivity index (χ2n) is 3.88. The minimum Gasteiger partial charge on any atom is -0.381 e. The van der Waals surface area contributed by atoms with Crippen LogP contribution >= 0.6 is 0 Å². The molecule has 0 saturated heterocycles. The summed E-state index contributed by atoms with van der Waals surface area (Å²) >= 11 is 0. The van der Waals surface area contributed by atoms with Crippen LogP contribution in [0.1, 0.15) is 18.4 Å². The summed E-state index contributed by atoms with van der Waals surface area (Å²) in [6, 6.07) is 4.93. The van der Waals surface area contributed by atoms with E-state index in [-0.39, 0.29) is 11.7 Å². The van der Waals surface area contributed by atoms with Crippen LogP contribution in [0.15, 0.2) is 18.2 Å². The molecule has 0 saturated carbocycles. The zero-order valence-electron chi connectivity index (χ0n) is 8.68. The quantitative estimate of drug-likeness (QED) is 0.479. The maximum atomic E-state index is 10.6. The maximum Gasteiger partial charge on any atom is 0.271 e. The van der Waals surface area contributed by atoms with Crippen molar-refractivity contribution in [3.63, 3.8) is 0 Å². The molecule has 0 radical (unpaired) electrons. The SMILES string of the molecule is O=CCC1CCc2ccc([N+](=O)[O-])cc2N1. The molecule has 1 atom stereocenters. The molecule has 0 aromatic heterocycles. The highest BCUT2D eigenvalue weighted by Gasteiger charge is 2.19. The first-order valence-corrected chi connectivity index (χ1v) is 5.18. The van der Waals surface area contributed by atoms with Crippen LogP contribution in [0.4, 0.5) is 11.4 Å². The molecule has 5 heteroatoms. The van der Waals surface area contributed by atoms with Crippen LogP contribution in [0.2, 0.25) is 0 Å². The summed E-state index contributed by atoms with van der Waals surface area (Å²) in [5, 5.41) is 13.8. The fraction of sp³-hybridized carbons (Fsp3) is 0.364. The number of nitro benzene ring substituents is 1. The summed E-state index contributed by atoms with van der Waals surface area (Å²) in [4.78, 5) is 20.6. The molecule has 1 aliphatic rings. The number of non-ortho nitro benzene ring substituents is 1. The summed E-state index contributed by atoms with van der Waals surface area (Å²) in [6.45, 7) is 0. The van der Waals surface area contributed by atoms with E-state index >= 15 is 0 Å². The predicted octanol–water partition coefficient (Wildman–Crippen LogP) is 1.91. The van der Waals surface area contributed by atoms with E-state index in [4.69, 9.17) is 0 Å². The van der Waals surface area contributed by atoms with Gasteiger partial charge < -0.3 is 10.1 Å². The number of nitrogens with zero attached hydrogens (tertiary/aromatic N) is 1. The Hall–Kier alpha value is -1.91. The smallest absolute Gasteiger partial charge is 0.271 e. The van der Waals surface area contributed by atoms with Gasteiger partial charge in [0.15, 0.2) is 0 Å². The lowest BCUT2D eigenvalue weighted by Crippen LogP contribution is -2.25. The number of benzene rings is 1. The number of aldehydes is 1. The Morgan fingerprint density at radius 1 is 1.56 bits per heavy atom. The molecular weight excluding hydrogens is 208 g/mol. The van der Waals surface area contributed by atoms with Crippen molar-refractivity contribution in [1.82, 2.24) is 0 Å². The Morgan fingerprint density at radius 3 is 3.06 bits per heavy atom. The maximum absolute atomic E-state index is 10.6. The Morgan fingerprint density at radius 2 is 2.38 bits per heavy atom. The lowest BCUT2D eigenvalue weighted by Gasteiger charge is -2.25. The Kier molecular flexibility index (Phi) is 2.85. The Balaban J connectivity index is 2.24. The van der Waals surface area contributed by atoms with Crippen LogP contribution in [0.25, 0.3) is 0 Å². The third-order valence-corrected chi connectivity index (χ3v) is 2.81. The second-order valence-corrected chi connectivity index (χ2v) is 3.88. The lowest BCUT2D eigenvalue weighted by molar-refractivity contribution is -0.384. The monoisotopic (exact) mass is 220 g/mol. The number of carbonyl (C=O) groups excluding carboxylic acids is 1. The van der Waals surface area contributed by atoms with Gasteiger partial charge in [-0.3, -0.25) is 10.1 Å². The average Bonchev–Trinajstić information content (AvgIpc) is 2.28. The molecular formula is C11H12N2O3. The molecule has 0 bridgehead atoms. The summed E-state index contributed by atoms with van der Waals surface area (Å²) in [5.74, 6) is 0. The van der Waals surface area contributed by atoms with Gasteiger partial charge in [-0.05, 0) is 18.4 Å². The van der Waals surface area contributed by atoms with Crippen LogP contribution in [-0.2, 0) is 11.2 Å². The van der Waals surface area contributed by atoms with Crippen molar-refractivity contribution in [2.45, 2.75) is 25.3 Å². The average molecular weight is 220 g/mol. The highest BCUT2D eigenvalue weighted by molar-refractivity contribution is 5.61. The van der Waals surface area contributed by atoms with Crippen LogP contribution < -0.4 is 5.32 Å². The lowest BCUT2D eigenvalue weighted by atomic mass is 9.96. The van der Waals surface area contributed by atoms with Gasteiger partial charge in [-0.25, -0.2) is 0 Å². The number of nitrogens with one attached hydrogen (secondary N) is 1. The van der Waals surface area contributed by atoms with E-state index in [9.17, 15) is 14.9 Å². The molecule has 0 spiro atoms. The second kappa shape index (κ2) is 4.30. The molecule has 2 rings (SSSR count). The molecule has 1 aromatic rings. The van der Waals surface area contributed by atoms with E-state index in [1.54, 1.807) is 6.07 Å². The van der Waals surface area contributed by atoms with Crippen molar-refractivity contribution in [1.29, 1.82) is 0 Å². The van der Waals surface area contributed by atoms with E-state index < -0.39 is 4.92 Å². The van der Waals surface area contributed by atoms with E-state index in [1.165, 1.54) is 12.1 Å². The van der Waals surface area contributed by atoms with Crippen molar-refractivity contribution >= 4 is 17.7 Å². The van der Waals surface area contributed by atoms with Gasteiger partial charge in [0.05, 0.1) is 4.92 Å². The molecule has 1 aromatic carbocycles. The van der Waals surface area contributed by atoms with Crippen molar-refractivity contribution in [2.24, 2.45) is 0 Å². The molecule has 16 heavy (non-hydrogen) atoms. The molecule has 84 valence electrons. The molecule has 1 heterocycles. The van der Waals surface area contributed by atoms with Gasteiger partial charge in [-0.2, -0.15) is 0 Å². The van der Waals surface area contributed by atoms with Gasteiger partial charge in [-0.15, -0.1) is 0 Å². The molecule has 1 aliphatic heterocycles. The minimum atomic E-state index is -0.411. The van der Waals surface area contributed by atoms with Crippen molar-refractivity contribution < 1.29 is 9.72 Å². The molecule has 1 N–H and O–H groups in total. The van der Waals surface area contributed by atoms with Crippen molar-refractivity contribution in [2.75, 3.05) is 5.32 Å². The number of hydrogen-bond acceptors (Lipinski definition) is 4. The highest BCUT2D eigenvalue weighted by Crippen LogP contribution is 2.29. The Bertz CT molecular complexity index is 431. The molecule has 5 nitrogen and oxygen atoms in total. The van der Waals surface area contributed by atoms with Gasteiger partial charge in [0.1, 0.15) is 6.29 Å². The molecule has 0 amide bonds. The third-order valence-electron chi connectivity index (χ3n) is 2.81. The first kappa shape index (κ1) is 10.6. The standard InChI is InChI=1S/C11H12N2O3/c14-6-5-9-3-1-8-2-4-10(13(15)16)7-11(8)12-9/h2,4,6-7,9,12H,1,3,5H2. The van der Waals surface area contributed by atoms with Gasteiger partial charge in [0.25, 0.3) is 5.69 Å². The topological polar surface area (TPSA) is 72.2 Å². The van der Waals surface area contributed by atoms with Crippen LogP contribution in [0.3, 0.4) is 0 Å². The van der Waals surface area contributed by atoms with Gasteiger partial charge in [0, 0.05) is 30.3 Å². The third kappa shape index (κ3) is 2.03. The van der Waals surface area contributed by atoms with E-state index in [0.29, 0.717) is 6.42 Å². The van der Waals surface area contributed by atoms with Gasteiger partial charge >= 0.3 is 0 Å². The largest absolute Gasteiger partial charge is 0.381 e. The number of rotatable bonds is 3. The van der Waals surface area contributed by atoms with E-state index in [0.717, 1.165) is 30.4 Å². The minimum absolute atomic E-state index is 0.0815. The number of carbonyl (C=O) groups is 1. The highest BCUT2D eigenvalue weighted by atomic mass is 16.6. The Labute approximate surface area is 92.6 Å². The van der Waals surface area contributed by atoms with Gasteiger partial charge in [-0.1, -0.05) is 6.07 Å². The van der Waals surface area contributed by atoms with Crippen LogP contribution in [-0.4, -0.2) is 17.3 Å². The zero-order chi connectivity index (χ0) is 11.5. The van der Waals surface area contributed by atoms with Crippen LogP contribution in [0.5, 0.6) is 0 Å². The van der Waals surface area contributed by atoms with Gasteiger partial charge in [0.2, 0.25) is 0 Å². The van der Waals surface area contributed by atoms with Crippen LogP contribution in [0, 0.1) is 10.1 Å². The zero-order valence-corrected chi connectivity index (χ0v) is 8.68. The van der Waals surface area contributed by atoms with E-state index in [2.05, 4.69) is 5.32 Å². The van der Waals surface area contributed by atoms with Crippen molar-refractivity contribution in [3.05, 3.63) is 33.9 Å². The summed E-state index contributed by atoms with van der Waals surface area (Å²) in [7, 11) is 0. The number of fused-ring (bicyclic) bond motifs is 1. The molecule has 0 fully saturated rings. The first-order chi connectivity index (χ1) is 7.70. The number of aryl methyl sites for hydroxylation is 1. The molecule has 1 unspecified atom stereocenters. The summed E-state index contributed by atoms with van der Waals surface area (Å²) in [6.07, 6.45) is 3.07. The van der Waals surface area contributed by atoms with E-state index in [1.807, 2.05) is 0 Å². The number of hydrogen-bond donors (Lipinski definition) is 1. The predicted molar refractivity (Wildman–Crippen MR) is 59.5 cm³/mol.